The topological polar surface area (TPSA) is 66.5 Å². The molecule has 2 aromatic rings. The third-order valence-corrected chi connectivity index (χ3v) is 6.81. The van der Waals surface area contributed by atoms with Gasteiger partial charge in [0.2, 0.25) is 0 Å². The predicted octanol–water partition coefficient (Wildman–Crippen LogP) is 4.13. The Kier molecular flexibility index (Phi) is 6.52. The van der Waals surface area contributed by atoms with Crippen LogP contribution in [0, 0.1) is 0 Å². The van der Waals surface area contributed by atoms with Crippen molar-refractivity contribution in [2.24, 2.45) is 0 Å². The Hall–Kier alpha value is -2.60. The van der Waals surface area contributed by atoms with Gasteiger partial charge in [0.15, 0.2) is 0 Å². The van der Waals surface area contributed by atoms with Gasteiger partial charge in [-0.2, -0.15) is 0 Å². The molecule has 6 heteroatoms. The molecular formula is C22H26N2O3S. The number of hydrogen-bond donors (Lipinski definition) is 1. The van der Waals surface area contributed by atoms with Crippen LogP contribution in [0.3, 0.4) is 0 Å². The monoisotopic (exact) mass is 398 g/mol. The van der Waals surface area contributed by atoms with Gasteiger partial charge in [-0.15, -0.1) is 0 Å². The highest BCUT2D eigenvalue weighted by Crippen LogP contribution is 2.22. The normalized spacial score (nSPS) is 14.2. The molecule has 3 rings (SSSR count). The number of hydrogen-bond acceptors (Lipinski definition) is 3. The first kappa shape index (κ1) is 20.1. The Bertz CT molecular complexity index is 936. The number of carbonyl (C=O) groups is 1. The van der Waals surface area contributed by atoms with Crippen molar-refractivity contribution in [3.63, 3.8) is 0 Å². The number of para-hydroxylation sites is 1. The largest absolute Gasteiger partial charge is 0.352 e. The Morgan fingerprint density at radius 1 is 1.04 bits per heavy atom. The molecule has 1 amide bonds. The molecule has 1 N–H and O–H groups in total. The fourth-order valence-electron chi connectivity index (χ4n) is 3.28. The Balaban J connectivity index is 1.62. The van der Waals surface area contributed by atoms with Gasteiger partial charge < -0.3 is 5.32 Å². The van der Waals surface area contributed by atoms with Gasteiger partial charge in [0.25, 0.3) is 15.9 Å². The number of carbonyl (C=O) groups excluding carboxylic acids is 1. The highest BCUT2D eigenvalue weighted by molar-refractivity contribution is 7.92. The Labute approximate surface area is 167 Å². The number of rotatable bonds is 7. The van der Waals surface area contributed by atoms with Crippen LogP contribution < -0.4 is 9.62 Å². The molecule has 0 fully saturated rings. The van der Waals surface area contributed by atoms with Crippen LogP contribution in [0.25, 0.3) is 0 Å². The SMILES string of the molecule is CN(c1ccccc1)S(=O)(=O)c1ccc(C(=O)NCCC2=CCCCC2)cc1. The zero-order valence-electron chi connectivity index (χ0n) is 16.1. The van der Waals surface area contributed by atoms with E-state index in [0.717, 1.165) is 19.3 Å². The minimum absolute atomic E-state index is 0.155. The van der Waals surface area contributed by atoms with Gasteiger partial charge in [0, 0.05) is 19.2 Å². The van der Waals surface area contributed by atoms with Gasteiger partial charge in [-0.05, 0) is 68.5 Å². The van der Waals surface area contributed by atoms with E-state index < -0.39 is 10.0 Å². The molecule has 1 aliphatic rings. The van der Waals surface area contributed by atoms with Gasteiger partial charge in [-0.25, -0.2) is 8.42 Å². The minimum atomic E-state index is -3.67. The quantitative estimate of drug-likeness (QED) is 0.713. The van der Waals surface area contributed by atoms with Gasteiger partial charge in [-0.3, -0.25) is 9.10 Å². The maximum atomic E-state index is 12.8. The minimum Gasteiger partial charge on any atom is -0.352 e. The highest BCUT2D eigenvalue weighted by atomic mass is 32.2. The molecule has 0 bridgehead atoms. The van der Waals surface area contributed by atoms with Crippen molar-refractivity contribution in [3.8, 4) is 0 Å². The van der Waals surface area contributed by atoms with Crippen LogP contribution in [0.5, 0.6) is 0 Å². The summed E-state index contributed by atoms with van der Waals surface area (Å²) in [7, 11) is -2.15. The molecule has 0 saturated carbocycles. The first-order valence-corrected chi connectivity index (χ1v) is 11.0. The van der Waals surface area contributed by atoms with Crippen molar-refractivity contribution in [3.05, 3.63) is 71.8 Å². The molecule has 1 aliphatic carbocycles. The smallest absolute Gasteiger partial charge is 0.264 e. The van der Waals surface area contributed by atoms with Gasteiger partial charge in [0.05, 0.1) is 10.6 Å². The predicted molar refractivity (Wildman–Crippen MR) is 112 cm³/mol. The van der Waals surface area contributed by atoms with Gasteiger partial charge in [-0.1, -0.05) is 29.8 Å². The number of sulfonamides is 1. The maximum Gasteiger partial charge on any atom is 0.264 e. The van der Waals surface area contributed by atoms with Crippen LogP contribution >= 0.6 is 0 Å². The average molecular weight is 399 g/mol. The Morgan fingerprint density at radius 2 is 1.75 bits per heavy atom. The molecule has 28 heavy (non-hydrogen) atoms. The van der Waals surface area contributed by atoms with E-state index in [1.807, 2.05) is 6.07 Å². The zero-order valence-corrected chi connectivity index (χ0v) is 16.9. The van der Waals surface area contributed by atoms with Crippen LogP contribution in [-0.4, -0.2) is 27.9 Å². The van der Waals surface area contributed by atoms with Crippen molar-refractivity contribution in [1.82, 2.24) is 5.32 Å². The maximum absolute atomic E-state index is 12.8. The third kappa shape index (κ3) is 4.81. The van der Waals surface area contributed by atoms with E-state index in [2.05, 4.69) is 11.4 Å². The number of allylic oxidation sites excluding steroid dienone is 1. The number of nitrogens with zero attached hydrogens (tertiary/aromatic N) is 1. The number of benzene rings is 2. The zero-order chi connectivity index (χ0) is 20.0. The van der Waals surface area contributed by atoms with Crippen LogP contribution in [0.15, 0.2) is 71.1 Å². The second kappa shape index (κ2) is 9.06. The van der Waals surface area contributed by atoms with E-state index in [9.17, 15) is 13.2 Å². The molecule has 148 valence electrons. The van der Waals surface area contributed by atoms with Gasteiger partial charge >= 0.3 is 0 Å². The van der Waals surface area contributed by atoms with E-state index in [0.29, 0.717) is 17.8 Å². The van der Waals surface area contributed by atoms with Crippen molar-refractivity contribution in [2.75, 3.05) is 17.9 Å². The highest BCUT2D eigenvalue weighted by Gasteiger charge is 2.21. The second-order valence-electron chi connectivity index (χ2n) is 6.95. The summed E-state index contributed by atoms with van der Waals surface area (Å²) in [6, 6.07) is 15.0. The fourth-order valence-corrected chi connectivity index (χ4v) is 4.48. The lowest BCUT2D eigenvalue weighted by molar-refractivity contribution is 0.0954. The number of anilines is 1. The Morgan fingerprint density at radius 3 is 2.39 bits per heavy atom. The van der Waals surface area contributed by atoms with Crippen LogP contribution in [0.4, 0.5) is 5.69 Å². The summed E-state index contributed by atoms with van der Waals surface area (Å²) in [5.41, 5.74) is 2.46. The summed E-state index contributed by atoms with van der Waals surface area (Å²) < 4.78 is 26.8. The molecule has 5 nitrogen and oxygen atoms in total. The lowest BCUT2D eigenvalue weighted by Gasteiger charge is -2.19. The van der Waals surface area contributed by atoms with Crippen molar-refractivity contribution in [2.45, 2.75) is 37.0 Å². The summed E-state index contributed by atoms with van der Waals surface area (Å²) in [4.78, 5) is 12.5. The molecular weight excluding hydrogens is 372 g/mol. The van der Waals surface area contributed by atoms with E-state index in [1.54, 1.807) is 36.4 Å². The first-order valence-electron chi connectivity index (χ1n) is 9.58. The number of amides is 1. The summed E-state index contributed by atoms with van der Waals surface area (Å²) >= 11 is 0. The molecule has 0 atom stereocenters. The van der Waals surface area contributed by atoms with Crippen LogP contribution in [0.1, 0.15) is 42.5 Å². The fraction of sp³-hybridized carbons (Fsp3) is 0.318. The van der Waals surface area contributed by atoms with Crippen molar-refractivity contribution >= 4 is 21.6 Å². The molecule has 0 unspecified atom stereocenters. The first-order chi connectivity index (χ1) is 13.5. The summed E-state index contributed by atoms with van der Waals surface area (Å²) in [6.07, 6.45) is 7.89. The van der Waals surface area contributed by atoms with E-state index in [4.69, 9.17) is 0 Å². The third-order valence-electron chi connectivity index (χ3n) is 5.01. The lowest BCUT2D eigenvalue weighted by atomic mass is 9.97. The molecule has 0 aliphatic heterocycles. The summed E-state index contributed by atoms with van der Waals surface area (Å²) in [6.45, 7) is 0.599. The number of nitrogens with one attached hydrogen (secondary N) is 1. The molecule has 0 spiro atoms. The molecule has 0 heterocycles. The van der Waals surface area contributed by atoms with Crippen molar-refractivity contribution in [1.29, 1.82) is 0 Å². The molecule has 0 saturated heterocycles. The molecule has 0 aromatic heterocycles. The van der Waals surface area contributed by atoms with Gasteiger partial charge in [0.1, 0.15) is 0 Å². The van der Waals surface area contributed by atoms with E-state index in [-0.39, 0.29) is 10.8 Å². The lowest BCUT2D eigenvalue weighted by Crippen LogP contribution is -2.27. The summed E-state index contributed by atoms with van der Waals surface area (Å²) in [5, 5.41) is 2.91. The molecule has 2 aromatic carbocycles. The average Bonchev–Trinajstić information content (AvgIpc) is 2.74. The van der Waals surface area contributed by atoms with E-state index >= 15 is 0 Å². The van der Waals surface area contributed by atoms with Crippen LogP contribution in [-0.2, 0) is 10.0 Å². The molecule has 0 radical (unpaired) electrons. The van der Waals surface area contributed by atoms with E-state index in [1.165, 1.54) is 41.9 Å². The second-order valence-corrected chi connectivity index (χ2v) is 8.92. The van der Waals surface area contributed by atoms with Crippen molar-refractivity contribution < 1.29 is 13.2 Å². The standard InChI is InChI=1S/C22H26N2O3S/c1-24(20-10-6-3-7-11-20)28(26,27)21-14-12-19(13-15-21)22(25)23-17-16-18-8-4-2-5-9-18/h3,6-8,10-15H,2,4-5,9,16-17H2,1H3,(H,23,25). The summed E-state index contributed by atoms with van der Waals surface area (Å²) in [5.74, 6) is -0.184. The van der Waals surface area contributed by atoms with Crippen LogP contribution in [0.2, 0.25) is 0 Å².